The molecular weight excluding hydrogens is 230 g/mol. The zero-order valence-corrected chi connectivity index (χ0v) is 8.91. The molecule has 68 valence electrons. The van der Waals surface area contributed by atoms with Gasteiger partial charge in [-0.05, 0) is 41.4 Å². The van der Waals surface area contributed by atoms with Gasteiger partial charge >= 0.3 is 0 Å². The number of nitrogens with zero attached hydrogens (tertiary/aromatic N) is 1. The van der Waals surface area contributed by atoms with Gasteiger partial charge in [0.2, 0.25) is 0 Å². The van der Waals surface area contributed by atoms with E-state index in [0.717, 1.165) is 16.6 Å². The Kier molecular flexibility index (Phi) is 2.20. The molecule has 1 aliphatic rings. The highest BCUT2D eigenvalue weighted by Crippen LogP contribution is 2.47. The predicted molar refractivity (Wildman–Crippen MR) is 53.5 cm³/mol. The van der Waals surface area contributed by atoms with Crippen molar-refractivity contribution in [1.82, 2.24) is 4.98 Å². The van der Waals surface area contributed by atoms with Crippen LogP contribution in [0.4, 0.5) is 0 Å². The number of halogens is 1. The van der Waals surface area contributed by atoms with Crippen molar-refractivity contribution in [1.29, 1.82) is 0 Å². The Morgan fingerprint density at radius 1 is 1.62 bits per heavy atom. The van der Waals surface area contributed by atoms with Crippen LogP contribution in [-0.2, 0) is 4.79 Å². The van der Waals surface area contributed by atoms with E-state index in [9.17, 15) is 4.79 Å². The molecule has 2 rings (SSSR count). The highest BCUT2D eigenvalue weighted by molar-refractivity contribution is 9.10. The molecule has 2 atom stereocenters. The molecule has 2 unspecified atom stereocenters. The van der Waals surface area contributed by atoms with E-state index in [2.05, 4.69) is 20.9 Å². The summed E-state index contributed by atoms with van der Waals surface area (Å²) in [6.07, 6.45) is 2.76. The SMILES string of the molecule is CC(=O)C1CC1c1ccc(Br)cn1. The smallest absolute Gasteiger partial charge is 0.133 e. The number of carbonyl (C=O) groups excluding carboxylic acids is 1. The Labute approximate surface area is 85.5 Å². The second kappa shape index (κ2) is 3.22. The lowest BCUT2D eigenvalue weighted by atomic mass is 10.2. The van der Waals surface area contributed by atoms with Gasteiger partial charge in [0.05, 0.1) is 0 Å². The first kappa shape index (κ1) is 8.88. The van der Waals surface area contributed by atoms with Gasteiger partial charge in [-0.25, -0.2) is 0 Å². The topological polar surface area (TPSA) is 30.0 Å². The third kappa shape index (κ3) is 1.80. The van der Waals surface area contributed by atoms with Crippen molar-refractivity contribution in [2.45, 2.75) is 19.3 Å². The zero-order chi connectivity index (χ0) is 9.42. The average molecular weight is 240 g/mol. The first-order valence-corrected chi connectivity index (χ1v) is 5.09. The fourth-order valence-electron chi connectivity index (χ4n) is 1.58. The minimum absolute atomic E-state index is 0.230. The van der Waals surface area contributed by atoms with E-state index in [-0.39, 0.29) is 11.7 Å². The van der Waals surface area contributed by atoms with Gasteiger partial charge < -0.3 is 0 Å². The first-order chi connectivity index (χ1) is 6.18. The van der Waals surface area contributed by atoms with Crippen molar-refractivity contribution in [2.24, 2.45) is 5.92 Å². The Bertz CT molecular complexity index is 333. The van der Waals surface area contributed by atoms with Crippen molar-refractivity contribution < 1.29 is 4.79 Å². The van der Waals surface area contributed by atoms with Crippen LogP contribution < -0.4 is 0 Å². The average Bonchev–Trinajstić information content (AvgIpc) is 2.85. The second-order valence-electron chi connectivity index (χ2n) is 3.46. The molecule has 0 aromatic carbocycles. The summed E-state index contributed by atoms with van der Waals surface area (Å²) in [5, 5.41) is 0. The maximum Gasteiger partial charge on any atom is 0.133 e. The van der Waals surface area contributed by atoms with E-state index in [1.54, 1.807) is 13.1 Å². The summed E-state index contributed by atoms with van der Waals surface area (Å²) in [4.78, 5) is 15.3. The molecule has 0 spiro atoms. The minimum Gasteiger partial charge on any atom is -0.300 e. The Hall–Kier alpha value is -0.700. The largest absolute Gasteiger partial charge is 0.300 e. The molecule has 1 aromatic heterocycles. The van der Waals surface area contributed by atoms with E-state index < -0.39 is 0 Å². The lowest BCUT2D eigenvalue weighted by Gasteiger charge is -1.97. The van der Waals surface area contributed by atoms with Crippen molar-refractivity contribution in [3.8, 4) is 0 Å². The summed E-state index contributed by atoms with van der Waals surface area (Å²) in [5.74, 6) is 0.897. The molecular formula is C10H10BrNO. The number of Topliss-reactive ketones (excluding diaryl/α,β-unsaturated/α-hetero) is 1. The summed E-state index contributed by atoms with van der Waals surface area (Å²) in [6, 6.07) is 3.95. The Morgan fingerprint density at radius 2 is 2.38 bits per heavy atom. The van der Waals surface area contributed by atoms with Gasteiger partial charge in [0, 0.05) is 28.2 Å². The highest BCUT2D eigenvalue weighted by Gasteiger charge is 2.42. The fourth-order valence-corrected chi connectivity index (χ4v) is 1.81. The van der Waals surface area contributed by atoms with Crippen LogP contribution in [0.5, 0.6) is 0 Å². The van der Waals surface area contributed by atoms with E-state index >= 15 is 0 Å². The third-order valence-electron chi connectivity index (χ3n) is 2.44. The van der Waals surface area contributed by atoms with E-state index in [1.807, 2.05) is 12.1 Å². The molecule has 2 nitrogen and oxygen atoms in total. The number of ketones is 1. The fraction of sp³-hybridized carbons (Fsp3) is 0.400. The van der Waals surface area contributed by atoms with Gasteiger partial charge in [-0.15, -0.1) is 0 Å². The molecule has 1 aromatic rings. The van der Waals surface area contributed by atoms with Crippen LogP contribution in [0.1, 0.15) is 25.0 Å². The van der Waals surface area contributed by atoms with Crippen LogP contribution in [-0.4, -0.2) is 10.8 Å². The lowest BCUT2D eigenvalue weighted by Crippen LogP contribution is -1.95. The number of hydrogen-bond donors (Lipinski definition) is 0. The number of aromatic nitrogens is 1. The molecule has 0 bridgehead atoms. The predicted octanol–water partition coefficient (Wildman–Crippen LogP) is 2.54. The molecule has 1 saturated carbocycles. The molecule has 1 heterocycles. The molecule has 3 heteroatoms. The quantitative estimate of drug-likeness (QED) is 0.795. The minimum atomic E-state index is 0.230. The van der Waals surface area contributed by atoms with Crippen LogP contribution in [0, 0.1) is 5.92 Å². The van der Waals surface area contributed by atoms with Crippen molar-refractivity contribution in [2.75, 3.05) is 0 Å². The zero-order valence-electron chi connectivity index (χ0n) is 7.33. The lowest BCUT2D eigenvalue weighted by molar-refractivity contribution is -0.118. The van der Waals surface area contributed by atoms with E-state index in [4.69, 9.17) is 0 Å². The molecule has 0 radical (unpaired) electrons. The molecule has 0 N–H and O–H groups in total. The summed E-state index contributed by atoms with van der Waals surface area (Å²) >= 11 is 3.33. The van der Waals surface area contributed by atoms with Gasteiger partial charge in [0.1, 0.15) is 5.78 Å². The van der Waals surface area contributed by atoms with Gasteiger partial charge in [-0.1, -0.05) is 0 Å². The maximum atomic E-state index is 11.0. The van der Waals surface area contributed by atoms with E-state index in [0.29, 0.717) is 5.92 Å². The Morgan fingerprint density at radius 3 is 2.85 bits per heavy atom. The Balaban J connectivity index is 2.12. The number of carbonyl (C=O) groups is 1. The number of rotatable bonds is 2. The normalized spacial score (nSPS) is 25.7. The monoisotopic (exact) mass is 239 g/mol. The van der Waals surface area contributed by atoms with Crippen molar-refractivity contribution >= 4 is 21.7 Å². The third-order valence-corrected chi connectivity index (χ3v) is 2.91. The second-order valence-corrected chi connectivity index (χ2v) is 4.38. The number of hydrogen-bond acceptors (Lipinski definition) is 2. The molecule has 0 amide bonds. The summed E-state index contributed by atoms with van der Waals surface area (Å²) in [7, 11) is 0. The van der Waals surface area contributed by atoms with Crippen LogP contribution in [0.2, 0.25) is 0 Å². The van der Waals surface area contributed by atoms with Gasteiger partial charge in [-0.2, -0.15) is 0 Å². The molecule has 13 heavy (non-hydrogen) atoms. The highest BCUT2D eigenvalue weighted by atomic mass is 79.9. The van der Waals surface area contributed by atoms with E-state index in [1.165, 1.54) is 0 Å². The van der Waals surface area contributed by atoms with Gasteiger partial charge in [-0.3, -0.25) is 9.78 Å². The van der Waals surface area contributed by atoms with Gasteiger partial charge in [0.15, 0.2) is 0 Å². The summed E-state index contributed by atoms with van der Waals surface area (Å²) in [5.41, 5.74) is 1.04. The van der Waals surface area contributed by atoms with Crippen LogP contribution in [0.3, 0.4) is 0 Å². The van der Waals surface area contributed by atoms with Crippen molar-refractivity contribution in [3.63, 3.8) is 0 Å². The van der Waals surface area contributed by atoms with Gasteiger partial charge in [0.25, 0.3) is 0 Å². The molecule has 1 aliphatic carbocycles. The van der Waals surface area contributed by atoms with Crippen LogP contribution >= 0.6 is 15.9 Å². The van der Waals surface area contributed by atoms with Crippen LogP contribution in [0.15, 0.2) is 22.8 Å². The first-order valence-electron chi connectivity index (χ1n) is 4.30. The number of pyridine rings is 1. The maximum absolute atomic E-state index is 11.0. The molecule has 0 aliphatic heterocycles. The molecule has 0 saturated heterocycles. The summed E-state index contributed by atoms with van der Waals surface area (Å²) in [6.45, 7) is 1.66. The van der Waals surface area contributed by atoms with Crippen molar-refractivity contribution in [3.05, 3.63) is 28.5 Å². The standard InChI is InChI=1S/C10H10BrNO/c1-6(13)8-4-9(8)10-3-2-7(11)5-12-10/h2-3,5,8-9H,4H2,1H3. The molecule has 1 fully saturated rings. The summed E-state index contributed by atoms with van der Waals surface area (Å²) < 4.78 is 0.983. The van der Waals surface area contributed by atoms with Crippen LogP contribution in [0.25, 0.3) is 0 Å².